The van der Waals surface area contributed by atoms with Gasteiger partial charge in [-0.3, -0.25) is 19.2 Å². The summed E-state index contributed by atoms with van der Waals surface area (Å²) >= 11 is 0. The summed E-state index contributed by atoms with van der Waals surface area (Å²) in [5.41, 5.74) is -1.54. The van der Waals surface area contributed by atoms with Gasteiger partial charge < -0.3 is 25.4 Å². The highest BCUT2D eigenvalue weighted by atomic mass is 19.4. The molecule has 1 fully saturated rings. The molecule has 0 unspecified atom stereocenters. The van der Waals surface area contributed by atoms with Crippen molar-refractivity contribution in [2.24, 2.45) is 0 Å². The molecule has 1 heterocycles. The van der Waals surface area contributed by atoms with Gasteiger partial charge in [0, 0.05) is 12.0 Å². The predicted molar refractivity (Wildman–Crippen MR) is 104 cm³/mol. The fraction of sp³-hybridized carbons (Fsp3) is 0.450. The number of carbonyl (C=O) groups is 5. The summed E-state index contributed by atoms with van der Waals surface area (Å²) in [4.78, 5) is 59.6. The van der Waals surface area contributed by atoms with Crippen LogP contribution in [-0.4, -0.2) is 70.6 Å². The van der Waals surface area contributed by atoms with Crippen molar-refractivity contribution in [3.05, 3.63) is 35.4 Å². The molecular weight excluding hydrogens is 473 g/mol. The summed E-state index contributed by atoms with van der Waals surface area (Å²) in [6.07, 6.45) is -6.55. The number of alkyl halides is 5. The summed E-state index contributed by atoms with van der Waals surface area (Å²) in [6, 6.07) is -1.48. The molecule has 3 N–H and O–H groups in total. The lowest BCUT2D eigenvalue weighted by atomic mass is 10.1. The molecule has 0 spiro atoms. The number of aldehydes is 1. The maximum Gasteiger partial charge on any atom is 0.416 e. The Bertz CT molecular complexity index is 984. The van der Waals surface area contributed by atoms with Gasteiger partial charge in [-0.05, 0) is 25.1 Å². The molecule has 34 heavy (non-hydrogen) atoms. The molecule has 14 heteroatoms. The minimum absolute atomic E-state index is 0.100. The third kappa shape index (κ3) is 6.71. The molecule has 2 rings (SSSR count). The maximum atomic E-state index is 14.0. The zero-order valence-electron chi connectivity index (χ0n) is 17.6. The van der Waals surface area contributed by atoms with Gasteiger partial charge in [0.1, 0.15) is 18.4 Å². The van der Waals surface area contributed by atoms with E-state index < -0.39 is 84.4 Å². The number of likely N-dealkylation sites (tertiary alicyclic amines) is 1. The van der Waals surface area contributed by atoms with Gasteiger partial charge in [0.2, 0.25) is 11.8 Å². The van der Waals surface area contributed by atoms with Crippen LogP contribution in [0.3, 0.4) is 0 Å². The van der Waals surface area contributed by atoms with Gasteiger partial charge in [0.05, 0.1) is 24.6 Å². The van der Waals surface area contributed by atoms with Crippen LogP contribution in [0.2, 0.25) is 0 Å². The van der Waals surface area contributed by atoms with E-state index in [9.17, 15) is 45.9 Å². The van der Waals surface area contributed by atoms with Gasteiger partial charge in [-0.25, -0.2) is 8.78 Å². The molecule has 3 atom stereocenters. The summed E-state index contributed by atoms with van der Waals surface area (Å²) in [7, 11) is 0. The van der Waals surface area contributed by atoms with E-state index >= 15 is 0 Å². The number of hydrogen-bond donors (Lipinski definition) is 3. The second kappa shape index (κ2) is 10.1. The van der Waals surface area contributed by atoms with Crippen molar-refractivity contribution in [1.29, 1.82) is 0 Å². The van der Waals surface area contributed by atoms with Gasteiger partial charge >= 0.3 is 12.1 Å². The standard InChI is InChI=1S/C20H20F5N3O6/c1-10(26-16(32)11-3-2-4-12(5-11)20(23,24)25)18(34)28-9-19(21,22)7-14(28)17(33)27-13(8-29)6-15(30)31/h2-5,8,10,13-14H,6-7,9H2,1H3,(H,26,32)(H,27,33)(H,30,31)/t10-,13-,14-/m0/s1. The minimum Gasteiger partial charge on any atom is -0.481 e. The first-order valence-corrected chi connectivity index (χ1v) is 9.78. The number of carboxylic acid groups (broad SMARTS) is 1. The third-order valence-electron chi connectivity index (χ3n) is 4.91. The van der Waals surface area contributed by atoms with Crippen LogP contribution in [-0.2, 0) is 25.4 Å². The second-order valence-electron chi connectivity index (χ2n) is 7.66. The van der Waals surface area contributed by atoms with E-state index in [1.165, 1.54) is 0 Å². The van der Waals surface area contributed by atoms with Crippen molar-refractivity contribution in [2.45, 2.75) is 50.0 Å². The number of rotatable bonds is 8. The molecule has 186 valence electrons. The summed E-state index contributed by atoms with van der Waals surface area (Å²) in [5, 5.41) is 12.8. The molecule has 1 saturated heterocycles. The normalized spacial score (nSPS) is 19.1. The Balaban J connectivity index is 2.15. The number of halogens is 5. The maximum absolute atomic E-state index is 14.0. The molecule has 0 saturated carbocycles. The largest absolute Gasteiger partial charge is 0.481 e. The summed E-state index contributed by atoms with van der Waals surface area (Å²) < 4.78 is 66.6. The molecular formula is C20H20F5N3O6. The second-order valence-corrected chi connectivity index (χ2v) is 7.66. The number of nitrogens with zero attached hydrogens (tertiary/aromatic N) is 1. The van der Waals surface area contributed by atoms with Crippen LogP contribution in [0, 0.1) is 0 Å². The zero-order chi connectivity index (χ0) is 25.8. The first-order chi connectivity index (χ1) is 15.6. The molecule has 0 bridgehead atoms. The SMILES string of the molecule is C[C@H](NC(=O)c1cccc(C(F)(F)F)c1)C(=O)N1CC(F)(F)C[C@H]1C(=O)N[C@H](C=O)CC(=O)O. The van der Waals surface area contributed by atoms with Crippen molar-refractivity contribution in [1.82, 2.24) is 15.5 Å². The fourth-order valence-corrected chi connectivity index (χ4v) is 3.31. The molecule has 0 aromatic heterocycles. The van der Waals surface area contributed by atoms with E-state index in [1.807, 2.05) is 5.32 Å². The lowest BCUT2D eigenvalue weighted by Crippen LogP contribution is -2.54. The molecule has 0 radical (unpaired) electrons. The number of nitrogens with one attached hydrogen (secondary N) is 2. The number of carbonyl (C=O) groups excluding carboxylic acids is 4. The van der Waals surface area contributed by atoms with Crippen molar-refractivity contribution in [2.75, 3.05) is 6.54 Å². The predicted octanol–water partition coefficient (Wildman–Crippen LogP) is 1.22. The Hall–Kier alpha value is -3.58. The monoisotopic (exact) mass is 493 g/mol. The average Bonchev–Trinajstić information content (AvgIpc) is 3.07. The fourth-order valence-electron chi connectivity index (χ4n) is 3.31. The zero-order valence-corrected chi connectivity index (χ0v) is 17.6. The van der Waals surface area contributed by atoms with Crippen LogP contribution in [0.1, 0.15) is 35.7 Å². The van der Waals surface area contributed by atoms with Gasteiger partial charge in [-0.15, -0.1) is 0 Å². The molecule has 1 aromatic carbocycles. The first kappa shape index (κ1) is 26.7. The van der Waals surface area contributed by atoms with Crippen LogP contribution >= 0.6 is 0 Å². The van der Waals surface area contributed by atoms with Crippen molar-refractivity contribution in [3.63, 3.8) is 0 Å². The van der Waals surface area contributed by atoms with Crippen LogP contribution < -0.4 is 10.6 Å². The van der Waals surface area contributed by atoms with Crippen LogP contribution in [0.25, 0.3) is 0 Å². The Labute approximate surface area is 189 Å². The van der Waals surface area contributed by atoms with E-state index in [4.69, 9.17) is 5.11 Å². The lowest BCUT2D eigenvalue weighted by molar-refractivity contribution is -0.142. The Kier molecular flexibility index (Phi) is 7.95. The van der Waals surface area contributed by atoms with Crippen molar-refractivity contribution in [3.8, 4) is 0 Å². The topological polar surface area (TPSA) is 133 Å². The number of benzene rings is 1. The summed E-state index contributed by atoms with van der Waals surface area (Å²) in [5.74, 6) is -8.33. The molecule has 1 aliphatic heterocycles. The van der Waals surface area contributed by atoms with E-state index in [-0.39, 0.29) is 6.29 Å². The lowest BCUT2D eigenvalue weighted by Gasteiger charge is -2.27. The Morgan fingerprint density at radius 2 is 1.88 bits per heavy atom. The van der Waals surface area contributed by atoms with Gasteiger partial charge in [0.25, 0.3) is 11.8 Å². The van der Waals surface area contributed by atoms with E-state index in [1.54, 1.807) is 0 Å². The van der Waals surface area contributed by atoms with Crippen LogP contribution in [0.5, 0.6) is 0 Å². The third-order valence-corrected chi connectivity index (χ3v) is 4.91. The molecule has 3 amide bonds. The van der Waals surface area contributed by atoms with Crippen molar-refractivity contribution < 1.29 is 51.0 Å². The van der Waals surface area contributed by atoms with Gasteiger partial charge in [0.15, 0.2) is 0 Å². The van der Waals surface area contributed by atoms with Crippen LogP contribution in [0.15, 0.2) is 24.3 Å². The molecule has 0 aliphatic carbocycles. The highest BCUT2D eigenvalue weighted by Gasteiger charge is 2.51. The molecule has 9 nitrogen and oxygen atoms in total. The number of hydrogen-bond acceptors (Lipinski definition) is 5. The quantitative estimate of drug-likeness (QED) is 0.369. The molecule has 1 aromatic rings. The highest BCUT2D eigenvalue weighted by molar-refractivity contribution is 5.98. The smallest absolute Gasteiger partial charge is 0.416 e. The number of amides is 3. The average molecular weight is 493 g/mol. The summed E-state index contributed by atoms with van der Waals surface area (Å²) in [6.45, 7) is -0.101. The first-order valence-electron chi connectivity index (χ1n) is 9.78. The van der Waals surface area contributed by atoms with Gasteiger partial charge in [-0.2, -0.15) is 13.2 Å². The number of carboxylic acids is 1. The Morgan fingerprint density at radius 1 is 1.24 bits per heavy atom. The minimum atomic E-state index is -4.72. The van der Waals surface area contributed by atoms with Crippen LogP contribution in [0.4, 0.5) is 22.0 Å². The van der Waals surface area contributed by atoms with E-state index in [0.717, 1.165) is 25.1 Å². The Morgan fingerprint density at radius 3 is 2.44 bits per heavy atom. The number of aliphatic carboxylic acids is 1. The highest BCUT2D eigenvalue weighted by Crippen LogP contribution is 2.33. The molecule has 1 aliphatic rings. The van der Waals surface area contributed by atoms with Crippen molar-refractivity contribution >= 4 is 30.0 Å². The van der Waals surface area contributed by atoms with Gasteiger partial charge in [-0.1, -0.05) is 6.07 Å². The van der Waals surface area contributed by atoms with E-state index in [0.29, 0.717) is 11.0 Å². The van der Waals surface area contributed by atoms with E-state index in [2.05, 4.69) is 5.32 Å².